The van der Waals surface area contributed by atoms with Crippen molar-refractivity contribution >= 4 is 17.5 Å². The van der Waals surface area contributed by atoms with E-state index >= 15 is 0 Å². The zero-order valence-electron chi connectivity index (χ0n) is 13.4. The van der Waals surface area contributed by atoms with E-state index in [4.69, 9.17) is 0 Å². The molecule has 1 aromatic carbocycles. The Kier molecular flexibility index (Phi) is 5.19. The van der Waals surface area contributed by atoms with Crippen molar-refractivity contribution in [3.63, 3.8) is 0 Å². The van der Waals surface area contributed by atoms with E-state index in [2.05, 4.69) is 5.32 Å². The topological polar surface area (TPSA) is 69.6 Å². The molecule has 0 radical (unpaired) electrons. The van der Waals surface area contributed by atoms with Gasteiger partial charge in [0, 0.05) is 43.8 Å². The van der Waals surface area contributed by atoms with E-state index in [9.17, 15) is 14.7 Å². The Morgan fingerprint density at radius 3 is 2.68 bits per heavy atom. The smallest absolute Gasteiger partial charge is 0.251 e. The molecule has 1 atom stereocenters. The SMILES string of the molecule is CC(=O)N1CCc2cc(C(=O)NCC(CO)C(C)C)ccc21. The highest BCUT2D eigenvalue weighted by molar-refractivity contribution is 5.97. The summed E-state index contributed by atoms with van der Waals surface area (Å²) >= 11 is 0. The first-order valence-corrected chi connectivity index (χ1v) is 7.74. The van der Waals surface area contributed by atoms with Crippen LogP contribution in [0.3, 0.4) is 0 Å². The Balaban J connectivity index is 2.05. The third-order valence-electron chi connectivity index (χ3n) is 4.32. The highest BCUT2D eigenvalue weighted by Crippen LogP contribution is 2.28. The number of aliphatic hydroxyl groups is 1. The summed E-state index contributed by atoms with van der Waals surface area (Å²) in [5, 5.41) is 12.2. The van der Waals surface area contributed by atoms with Gasteiger partial charge < -0.3 is 15.3 Å². The molecule has 0 aromatic heterocycles. The molecule has 0 bridgehead atoms. The second-order valence-electron chi connectivity index (χ2n) is 6.16. The van der Waals surface area contributed by atoms with E-state index in [1.165, 1.54) is 0 Å². The van der Waals surface area contributed by atoms with Crippen LogP contribution in [0.15, 0.2) is 18.2 Å². The van der Waals surface area contributed by atoms with E-state index in [0.717, 1.165) is 17.7 Å². The third-order valence-corrected chi connectivity index (χ3v) is 4.32. The summed E-state index contributed by atoms with van der Waals surface area (Å²) in [6.45, 7) is 6.81. The normalized spacial score (nSPS) is 14.9. The van der Waals surface area contributed by atoms with Crippen LogP contribution in [-0.4, -0.2) is 36.6 Å². The van der Waals surface area contributed by atoms with E-state index in [0.29, 0.717) is 24.6 Å². The summed E-state index contributed by atoms with van der Waals surface area (Å²) in [5.41, 5.74) is 2.54. The van der Waals surface area contributed by atoms with Gasteiger partial charge in [-0.25, -0.2) is 0 Å². The monoisotopic (exact) mass is 304 g/mol. The molecule has 5 heteroatoms. The van der Waals surface area contributed by atoms with Crippen LogP contribution in [-0.2, 0) is 11.2 Å². The number of carbonyl (C=O) groups excluding carboxylic acids is 2. The maximum atomic E-state index is 12.2. The summed E-state index contributed by atoms with van der Waals surface area (Å²) in [7, 11) is 0. The molecule has 0 saturated carbocycles. The number of amides is 2. The summed E-state index contributed by atoms with van der Waals surface area (Å²) < 4.78 is 0. The minimum Gasteiger partial charge on any atom is -0.396 e. The van der Waals surface area contributed by atoms with E-state index in [-0.39, 0.29) is 24.3 Å². The Labute approximate surface area is 131 Å². The van der Waals surface area contributed by atoms with Crippen molar-refractivity contribution in [3.8, 4) is 0 Å². The molecular formula is C17H24N2O3. The molecule has 2 amide bonds. The zero-order chi connectivity index (χ0) is 16.3. The molecule has 1 aliphatic rings. The van der Waals surface area contributed by atoms with Crippen LogP contribution in [0.4, 0.5) is 5.69 Å². The van der Waals surface area contributed by atoms with Crippen molar-refractivity contribution in [2.24, 2.45) is 11.8 Å². The molecule has 1 aromatic rings. The van der Waals surface area contributed by atoms with Crippen LogP contribution in [0, 0.1) is 11.8 Å². The number of nitrogens with one attached hydrogen (secondary N) is 1. The molecule has 5 nitrogen and oxygen atoms in total. The third kappa shape index (κ3) is 3.47. The van der Waals surface area contributed by atoms with Crippen molar-refractivity contribution in [2.45, 2.75) is 27.2 Å². The van der Waals surface area contributed by atoms with Crippen molar-refractivity contribution in [2.75, 3.05) is 24.6 Å². The van der Waals surface area contributed by atoms with Crippen LogP contribution < -0.4 is 10.2 Å². The van der Waals surface area contributed by atoms with Crippen LogP contribution in [0.5, 0.6) is 0 Å². The maximum absolute atomic E-state index is 12.2. The van der Waals surface area contributed by atoms with Crippen LogP contribution >= 0.6 is 0 Å². The molecule has 2 rings (SSSR count). The zero-order valence-corrected chi connectivity index (χ0v) is 13.4. The largest absolute Gasteiger partial charge is 0.396 e. The highest BCUT2D eigenvalue weighted by Gasteiger charge is 2.23. The molecule has 0 aliphatic carbocycles. The number of rotatable bonds is 5. The lowest BCUT2D eigenvalue weighted by Crippen LogP contribution is -2.33. The van der Waals surface area contributed by atoms with Crippen LogP contribution in [0.2, 0.25) is 0 Å². The number of anilines is 1. The lowest BCUT2D eigenvalue weighted by Gasteiger charge is -2.19. The van der Waals surface area contributed by atoms with Gasteiger partial charge in [0.25, 0.3) is 5.91 Å². The van der Waals surface area contributed by atoms with Gasteiger partial charge in [-0.2, -0.15) is 0 Å². The molecule has 1 aliphatic heterocycles. The minimum atomic E-state index is -0.136. The number of benzene rings is 1. The molecule has 22 heavy (non-hydrogen) atoms. The van der Waals surface area contributed by atoms with Gasteiger partial charge >= 0.3 is 0 Å². The number of aliphatic hydroxyl groups excluding tert-OH is 1. The van der Waals surface area contributed by atoms with Gasteiger partial charge in [0.15, 0.2) is 0 Å². The van der Waals surface area contributed by atoms with Crippen molar-refractivity contribution in [3.05, 3.63) is 29.3 Å². The molecule has 2 N–H and O–H groups in total. The van der Waals surface area contributed by atoms with Gasteiger partial charge in [-0.05, 0) is 36.1 Å². The number of carbonyl (C=O) groups is 2. The molecule has 0 spiro atoms. The number of nitrogens with zero attached hydrogens (tertiary/aromatic N) is 1. The van der Waals surface area contributed by atoms with E-state index in [1.54, 1.807) is 17.9 Å². The number of hydrogen-bond acceptors (Lipinski definition) is 3. The minimum absolute atomic E-state index is 0.0265. The van der Waals surface area contributed by atoms with Crippen LogP contribution in [0.25, 0.3) is 0 Å². The summed E-state index contributed by atoms with van der Waals surface area (Å²) in [6.07, 6.45) is 0.779. The average Bonchev–Trinajstić information content (AvgIpc) is 2.90. The first-order chi connectivity index (χ1) is 10.4. The molecule has 0 saturated heterocycles. The highest BCUT2D eigenvalue weighted by atomic mass is 16.3. The van der Waals surface area contributed by atoms with Crippen molar-refractivity contribution in [1.82, 2.24) is 5.32 Å². The summed E-state index contributed by atoms with van der Waals surface area (Å²) in [4.78, 5) is 25.5. The molecule has 1 heterocycles. The van der Waals surface area contributed by atoms with Crippen molar-refractivity contribution < 1.29 is 14.7 Å². The van der Waals surface area contributed by atoms with Gasteiger partial charge in [0.05, 0.1) is 0 Å². The van der Waals surface area contributed by atoms with E-state index < -0.39 is 0 Å². The molecular weight excluding hydrogens is 280 g/mol. The quantitative estimate of drug-likeness (QED) is 0.868. The van der Waals surface area contributed by atoms with Gasteiger partial charge in [0.1, 0.15) is 0 Å². The molecule has 1 unspecified atom stereocenters. The second kappa shape index (κ2) is 6.92. The van der Waals surface area contributed by atoms with Gasteiger partial charge in [-0.15, -0.1) is 0 Å². The lowest BCUT2D eigenvalue weighted by molar-refractivity contribution is -0.116. The van der Waals surface area contributed by atoms with E-state index in [1.807, 2.05) is 26.0 Å². The summed E-state index contributed by atoms with van der Waals surface area (Å²) in [6, 6.07) is 5.44. The van der Waals surface area contributed by atoms with Gasteiger partial charge in [-0.3, -0.25) is 9.59 Å². The van der Waals surface area contributed by atoms with Crippen molar-refractivity contribution in [1.29, 1.82) is 0 Å². The first kappa shape index (κ1) is 16.5. The first-order valence-electron chi connectivity index (χ1n) is 7.74. The van der Waals surface area contributed by atoms with Gasteiger partial charge in [0.2, 0.25) is 5.91 Å². The fourth-order valence-corrected chi connectivity index (χ4v) is 2.71. The Bertz CT molecular complexity index is 569. The Hall–Kier alpha value is -1.88. The average molecular weight is 304 g/mol. The predicted octanol–water partition coefficient (Wildman–Crippen LogP) is 1.59. The fraction of sp³-hybridized carbons (Fsp3) is 0.529. The number of fused-ring (bicyclic) bond motifs is 1. The second-order valence-corrected chi connectivity index (χ2v) is 6.16. The Morgan fingerprint density at radius 1 is 1.36 bits per heavy atom. The summed E-state index contributed by atoms with van der Waals surface area (Å²) in [5.74, 6) is 0.267. The maximum Gasteiger partial charge on any atom is 0.251 e. The van der Waals surface area contributed by atoms with Crippen LogP contribution in [0.1, 0.15) is 36.7 Å². The fourth-order valence-electron chi connectivity index (χ4n) is 2.71. The number of hydrogen-bond donors (Lipinski definition) is 2. The lowest BCUT2D eigenvalue weighted by atomic mass is 9.96. The predicted molar refractivity (Wildman–Crippen MR) is 85.9 cm³/mol. The Morgan fingerprint density at radius 2 is 2.09 bits per heavy atom. The molecule has 0 fully saturated rings. The standard InChI is InChI=1S/C17H24N2O3/c1-11(2)15(10-20)9-18-17(22)14-4-5-16-13(8-14)6-7-19(16)12(3)21/h4-5,8,11,15,20H,6-7,9-10H2,1-3H3,(H,18,22). The van der Waals surface area contributed by atoms with Gasteiger partial charge in [-0.1, -0.05) is 13.8 Å². The molecule has 120 valence electrons.